The van der Waals surface area contributed by atoms with Gasteiger partial charge in [0, 0.05) is 44.2 Å². The topological polar surface area (TPSA) is 196 Å². The standard InChI is InChI=1S/C29H28N6O7/c1-40-11-9-35(10-12-41-2)28-32-14-33-29(34-28)42-16-5-3-15(4-6-16)17-13-19(31)22-24(25(17)37)27(39)21-18(30)7-8-20(36)23(21)26(22)38/h3-8,13-14,36-37H,9-12,30-31H2,1-2H3. The van der Waals surface area contributed by atoms with Crippen LogP contribution in [-0.2, 0) is 9.47 Å². The van der Waals surface area contributed by atoms with Crippen LogP contribution in [0.3, 0.4) is 0 Å². The SMILES string of the molecule is COCCN(CCOC)c1ncnc(Oc2ccc(-c3cc(N)c4c(c3O)C(=O)c3c(N)ccc(O)c3C4=O)cc2)n1. The molecule has 1 aromatic heterocycles. The van der Waals surface area contributed by atoms with Crippen molar-refractivity contribution in [1.29, 1.82) is 0 Å². The summed E-state index contributed by atoms with van der Waals surface area (Å²) in [6, 6.07) is 10.6. The highest BCUT2D eigenvalue weighted by atomic mass is 16.5. The number of phenolic OH excluding ortho intramolecular Hbond substituents is 2. The number of aromatic nitrogens is 3. The van der Waals surface area contributed by atoms with E-state index < -0.39 is 23.1 Å². The van der Waals surface area contributed by atoms with Crippen LogP contribution in [0.5, 0.6) is 23.3 Å². The normalized spacial score (nSPS) is 12.1. The van der Waals surface area contributed by atoms with Gasteiger partial charge in [-0.3, -0.25) is 9.59 Å². The number of ether oxygens (including phenoxy) is 3. The molecule has 1 aliphatic carbocycles. The minimum absolute atomic E-state index is 0.00122. The first-order chi connectivity index (χ1) is 20.2. The molecule has 0 bridgehead atoms. The zero-order valence-electron chi connectivity index (χ0n) is 22.8. The van der Waals surface area contributed by atoms with Crippen molar-refractivity contribution in [1.82, 2.24) is 15.0 Å². The summed E-state index contributed by atoms with van der Waals surface area (Å²) in [5.74, 6) is -1.46. The first-order valence-electron chi connectivity index (χ1n) is 12.8. The van der Waals surface area contributed by atoms with Crippen LogP contribution in [0.4, 0.5) is 17.3 Å². The van der Waals surface area contributed by atoms with E-state index in [1.165, 1.54) is 24.5 Å². The third kappa shape index (κ3) is 5.13. The minimum Gasteiger partial charge on any atom is -0.507 e. The molecule has 0 saturated heterocycles. The Morgan fingerprint density at radius 1 is 0.810 bits per heavy atom. The number of benzene rings is 3. The number of aromatic hydroxyl groups is 2. The number of carbonyl (C=O) groups is 2. The van der Waals surface area contributed by atoms with Gasteiger partial charge in [-0.15, -0.1) is 0 Å². The van der Waals surface area contributed by atoms with Gasteiger partial charge in [-0.25, -0.2) is 4.98 Å². The largest absolute Gasteiger partial charge is 0.507 e. The molecule has 3 aromatic carbocycles. The number of carbonyl (C=O) groups excluding carboxylic acids is 2. The van der Waals surface area contributed by atoms with E-state index in [9.17, 15) is 19.8 Å². The van der Waals surface area contributed by atoms with Crippen LogP contribution < -0.4 is 21.1 Å². The van der Waals surface area contributed by atoms with Gasteiger partial charge in [0.15, 0.2) is 0 Å². The van der Waals surface area contributed by atoms with Crippen LogP contribution in [0.15, 0.2) is 48.8 Å². The van der Waals surface area contributed by atoms with E-state index in [1.807, 2.05) is 4.90 Å². The Morgan fingerprint density at radius 3 is 2.12 bits per heavy atom. The van der Waals surface area contributed by atoms with E-state index in [4.69, 9.17) is 25.7 Å². The van der Waals surface area contributed by atoms with Crippen LogP contribution in [0.1, 0.15) is 31.8 Å². The van der Waals surface area contributed by atoms with Crippen molar-refractivity contribution in [3.8, 4) is 34.4 Å². The number of anilines is 3. The molecular weight excluding hydrogens is 544 g/mol. The first kappa shape index (κ1) is 28.3. The van der Waals surface area contributed by atoms with Gasteiger partial charge in [0.05, 0.1) is 35.5 Å². The van der Waals surface area contributed by atoms with E-state index in [2.05, 4.69) is 15.0 Å². The fourth-order valence-electron chi connectivity index (χ4n) is 4.71. The average Bonchev–Trinajstić information content (AvgIpc) is 2.98. The number of methoxy groups -OCH3 is 2. The van der Waals surface area contributed by atoms with Crippen molar-refractivity contribution in [3.63, 3.8) is 0 Å². The molecule has 4 aromatic rings. The van der Waals surface area contributed by atoms with Gasteiger partial charge in [0.1, 0.15) is 23.6 Å². The van der Waals surface area contributed by atoms with Crippen molar-refractivity contribution < 1.29 is 34.0 Å². The molecular formula is C29H28N6O7. The monoisotopic (exact) mass is 572 g/mol. The molecule has 216 valence electrons. The van der Waals surface area contributed by atoms with Gasteiger partial charge in [-0.1, -0.05) is 12.1 Å². The predicted octanol–water partition coefficient (Wildman–Crippen LogP) is 2.78. The smallest absolute Gasteiger partial charge is 0.326 e. The fraction of sp³-hybridized carbons (Fsp3) is 0.207. The highest BCUT2D eigenvalue weighted by molar-refractivity contribution is 6.33. The molecule has 6 N–H and O–H groups in total. The number of phenols is 2. The number of nitrogen functional groups attached to an aromatic ring is 2. The van der Waals surface area contributed by atoms with Gasteiger partial charge in [-0.2, -0.15) is 9.97 Å². The molecule has 0 amide bonds. The maximum atomic E-state index is 13.4. The van der Waals surface area contributed by atoms with Gasteiger partial charge in [-0.05, 0) is 35.9 Å². The van der Waals surface area contributed by atoms with E-state index in [0.29, 0.717) is 43.6 Å². The molecule has 13 nitrogen and oxygen atoms in total. The zero-order valence-corrected chi connectivity index (χ0v) is 22.8. The van der Waals surface area contributed by atoms with Crippen LogP contribution in [0.25, 0.3) is 11.1 Å². The maximum absolute atomic E-state index is 13.4. The molecule has 0 saturated carbocycles. The Hall–Kier alpha value is -5.27. The summed E-state index contributed by atoms with van der Waals surface area (Å²) in [5, 5.41) is 21.4. The van der Waals surface area contributed by atoms with Gasteiger partial charge in [0.2, 0.25) is 17.5 Å². The lowest BCUT2D eigenvalue weighted by atomic mass is 9.80. The van der Waals surface area contributed by atoms with Crippen molar-refractivity contribution in [2.24, 2.45) is 0 Å². The van der Waals surface area contributed by atoms with E-state index >= 15 is 0 Å². The Balaban J connectivity index is 1.43. The lowest BCUT2D eigenvalue weighted by Gasteiger charge is -2.23. The van der Waals surface area contributed by atoms with E-state index in [1.54, 1.807) is 38.5 Å². The Bertz CT molecular complexity index is 1670. The number of rotatable bonds is 10. The quantitative estimate of drug-likeness (QED) is 0.141. The van der Waals surface area contributed by atoms with Crippen molar-refractivity contribution in [3.05, 3.63) is 71.0 Å². The van der Waals surface area contributed by atoms with E-state index in [0.717, 1.165) is 0 Å². The van der Waals surface area contributed by atoms with E-state index in [-0.39, 0.29) is 45.2 Å². The predicted molar refractivity (Wildman–Crippen MR) is 153 cm³/mol. The van der Waals surface area contributed by atoms with Gasteiger partial charge >= 0.3 is 6.01 Å². The second-order valence-corrected chi connectivity index (χ2v) is 9.36. The summed E-state index contributed by atoms with van der Waals surface area (Å²) in [4.78, 5) is 41.2. The molecule has 1 heterocycles. The van der Waals surface area contributed by atoms with Gasteiger partial charge in [0.25, 0.3) is 0 Å². The molecule has 5 rings (SSSR count). The van der Waals surface area contributed by atoms with Crippen molar-refractivity contribution >= 4 is 28.9 Å². The second-order valence-electron chi connectivity index (χ2n) is 9.36. The number of hydrogen-bond acceptors (Lipinski definition) is 13. The first-order valence-corrected chi connectivity index (χ1v) is 12.8. The third-order valence-electron chi connectivity index (χ3n) is 6.78. The summed E-state index contributed by atoms with van der Waals surface area (Å²) in [5.41, 5.74) is 12.0. The molecule has 0 spiro atoms. The number of nitrogens with zero attached hydrogens (tertiary/aromatic N) is 4. The highest BCUT2D eigenvalue weighted by Crippen LogP contribution is 2.45. The molecule has 0 aliphatic heterocycles. The molecule has 0 radical (unpaired) electrons. The highest BCUT2D eigenvalue weighted by Gasteiger charge is 2.38. The van der Waals surface area contributed by atoms with Crippen LogP contribution in [0.2, 0.25) is 0 Å². The molecule has 1 aliphatic rings. The van der Waals surface area contributed by atoms with Crippen molar-refractivity contribution in [2.75, 3.05) is 56.9 Å². The Kier molecular flexibility index (Phi) is 7.86. The minimum atomic E-state index is -0.713. The maximum Gasteiger partial charge on any atom is 0.326 e. The second kappa shape index (κ2) is 11.7. The fourth-order valence-corrected chi connectivity index (χ4v) is 4.71. The summed E-state index contributed by atoms with van der Waals surface area (Å²) in [6.07, 6.45) is 1.34. The molecule has 42 heavy (non-hydrogen) atoms. The molecule has 0 atom stereocenters. The Morgan fingerprint density at radius 2 is 1.45 bits per heavy atom. The van der Waals surface area contributed by atoms with Gasteiger partial charge < -0.3 is 40.8 Å². The molecule has 0 fully saturated rings. The molecule has 13 heteroatoms. The lowest BCUT2D eigenvalue weighted by Crippen LogP contribution is -2.32. The van der Waals surface area contributed by atoms with Crippen LogP contribution in [-0.4, -0.2) is 77.3 Å². The number of fused-ring (bicyclic) bond motifs is 2. The average molecular weight is 573 g/mol. The summed E-state index contributed by atoms with van der Waals surface area (Å²) >= 11 is 0. The Labute approximate surface area is 240 Å². The molecule has 0 unspecified atom stereocenters. The van der Waals surface area contributed by atoms with Crippen LogP contribution >= 0.6 is 0 Å². The zero-order chi connectivity index (χ0) is 30.0. The van der Waals surface area contributed by atoms with Crippen LogP contribution in [0, 0.1) is 0 Å². The third-order valence-corrected chi connectivity index (χ3v) is 6.78. The van der Waals surface area contributed by atoms with Crippen molar-refractivity contribution in [2.45, 2.75) is 0 Å². The number of hydrogen-bond donors (Lipinski definition) is 4. The number of ketones is 2. The number of nitrogens with two attached hydrogens (primary N) is 2. The summed E-state index contributed by atoms with van der Waals surface area (Å²) in [6.45, 7) is 2.02. The lowest BCUT2D eigenvalue weighted by molar-refractivity contribution is 0.0975. The summed E-state index contributed by atoms with van der Waals surface area (Å²) in [7, 11) is 3.21. The summed E-state index contributed by atoms with van der Waals surface area (Å²) < 4.78 is 16.2.